The average molecular weight is 379 g/mol. The number of anilines is 1. The standard InChI is InChI=1S/C22H21NO5/c1-2-11-23-18-6-4-3-5-17(18)22(26,21(23)25)13-16(24)9-7-15-8-10-19-20(12-15)28-14-27-19/h3-10,12,26H,2,11,13-14H2,1H3/b9-7+/t22-/m1/s1. The highest BCUT2D eigenvalue weighted by Crippen LogP contribution is 2.42. The van der Waals surface area contributed by atoms with Crippen molar-refractivity contribution in [3.05, 3.63) is 59.7 Å². The van der Waals surface area contributed by atoms with Crippen molar-refractivity contribution in [2.45, 2.75) is 25.4 Å². The van der Waals surface area contributed by atoms with E-state index in [0.29, 0.717) is 29.3 Å². The topological polar surface area (TPSA) is 76.1 Å². The van der Waals surface area contributed by atoms with Crippen molar-refractivity contribution >= 4 is 23.5 Å². The third kappa shape index (κ3) is 3.05. The van der Waals surface area contributed by atoms with Gasteiger partial charge in [0.25, 0.3) is 5.91 Å². The number of amides is 1. The van der Waals surface area contributed by atoms with Crippen LogP contribution < -0.4 is 14.4 Å². The van der Waals surface area contributed by atoms with Crippen LogP contribution in [0.1, 0.15) is 30.9 Å². The van der Waals surface area contributed by atoms with E-state index in [2.05, 4.69) is 0 Å². The summed E-state index contributed by atoms with van der Waals surface area (Å²) in [5.74, 6) is 0.521. The summed E-state index contributed by atoms with van der Waals surface area (Å²) >= 11 is 0. The lowest BCUT2D eigenvalue weighted by atomic mass is 9.89. The lowest BCUT2D eigenvalue weighted by molar-refractivity contribution is -0.140. The molecule has 0 saturated heterocycles. The molecule has 144 valence electrons. The van der Waals surface area contributed by atoms with E-state index in [9.17, 15) is 14.7 Å². The largest absolute Gasteiger partial charge is 0.454 e. The molecule has 1 N–H and O–H groups in total. The van der Waals surface area contributed by atoms with Gasteiger partial charge in [-0.25, -0.2) is 0 Å². The zero-order valence-electron chi connectivity index (χ0n) is 15.6. The fourth-order valence-corrected chi connectivity index (χ4v) is 3.64. The summed E-state index contributed by atoms with van der Waals surface area (Å²) in [6.45, 7) is 2.65. The Morgan fingerprint density at radius 3 is 2.82 bits per heavy atom. The summed E-state index contributed by atoms with van der Waals surface area (Å²) in [6, 6.07) is 12.5. The SMILES string of the molecule is CCCN1C(=O)[C@@](O)(CC(=O)/C=C/c2ccc3c(c2)OCO3)c2ccccc21. The second-order valence-electron chi connectivity index (χ2n) is 6.92. The molecule has 0 bridgehead atoms. The normalized spacial score (nSPS) is 20.1. The fraction of sp³-hybridized carbons (Fsp3) is 0.273. The van der Waals surface area contributed by atoms with Gasteiger partial charge in [-0.1, -0.05) is 37.3 Å². The van der Waals surface area contributed by atoms with Gasteiger partial charge in [0, 0.05) is 12.1 Å². The molecular formula is C22H21NO5. The maximum atomic E-state index is 12.9. The predicted molar refractivity (Wildman–Crippen MR) is 104 cm³/mol. The second-order valence-corrected chi connectivity index (χ2v) is 6.92. The summed E-state index contributed by atoms with van der Waals surface area (Å²) in [4.78, 5) is 27.0. The van der Waals surface area contributed by atoms with Gasteiger partial charge in [0.2, 0.25) is 6.79 Å². The monoisotopic (exact) mass is 379 g/mol. The van der Waals surface area contributed by atoms with E-state index in [4.69, 9.17) is 9.47 Å². The third-order valence-corrected chi connectivity index (χ3v) is 4.97. The molecule has 6 nitrogen and oxygen atoms in total. The van der Waals surface area contributed by atoms with Crippen LogP contribution in [0.25, 0.3) is 6.08 Å². The first-order chi connectivity index (χ1) is 13.5. The molecule has 0 saturated carbocycles. The summed E-state index contributed by atoms with van der Waals surface area (Å²) in [5.41, 5.74) is 0.0975. The lowest BCUT2D eigenvalue weighted by Gasteiger charge is -2.22. The van der Waals surface area contributed by atoms with Gasteiger partial charge in [0.05, 0.1) is 12.1 Å². The van der Waals surface area contributed by atoms with Crippen LogP contribution in [0.3, 0.4) is 0 Å². The van der Waals surface area contributed by atoms with Crippen LogP contribution in [0.2, 0.25) is 0 Å². The van der Waals surface area contributed by atoms with Crippen molar-refractivity contribution in [2.75, 3.05) is 18.2 Å². The van der Waals surface area contributed by atoms with Crippen LogP contribution in [-0.4, -0.2) is 30.1 Å². The average Bonchev–Trinajstić information content (AvgIpc) is 3.24. The fourth-order valence-electron chi connectivity index (χ4n) is 3.64. The van der Waals surface area contributed by atoms with Crippen molar-refractivity contribution in [2.24, 2.45) is 0 Å². The number of benzene rings is 2. The van der Waals surface area contributed by atoms with Crippen molar-refractivity contribution < 1.29 is 24.2 Å². The van der Waals surface area contributed by atoms with Crippen molar-refractivity contribution in [1.82, 2.24) is 0 Å². The van der Waals surface area contributed by atoms with E-state index in [1.54, 1.807) is 41.3 Å². The molecule has 2 aromatic carbocycles. The Morgan fingerprint density at radius 2 is 2.00 bits per heavy atom. The van der Waals surface area contributed by atoms with E-state index in [1.807, 2.05) is 19.1 Å². The van der Waals surface area contributed by atoms with Crippen LogP contribution in [0.5, 0.6) is 11.5 Å². The van der Waals surface area contributed by atoms with Gasteiger partial charge in [0.1, 0.15) is 0 Å². The minimum absolute atomic E-state index is 0.185. The first-order valence-electron chi connectivity index (χ1n) is 9.27. The Bertz CT molecular complexity index is 967. The van der Waals surface area contributed by atoms with Gasteiger partial charge in [-0.3, -0.25) is 9.59 Å². The predicted octanol–water partition coefficient (Wildman–Crippen LogP) is 3.03. The minimum atomic E-state index is -1.83. The molecule has 0 unspecified atom stereocenters. The second kappa shape index (κ2) is 7.13. The maximum Gasteiger partial charge on any atom is 0.264 e. The number of hydrogen-bond acceptors (Lipinski definition) is 5. The zero-order chi connectivity index (χ0) is 19.7. The molecule has 2 heterocycles. The number of aliphatic hydroxyl groups is 1. The minimum Gasteiger partial charge on any atom is -0.454 e. The number of fused-ring (bicyclic) bond motifs is 2. The molecule has 0 aliphatic carbocycles. The number of carbonyl (C=O) groups excluding carboxylic acids is 2. The molecule has 0 radical (unpaired) electrons. The molecule has 6 heteroatoms. The molecule has 0 aromatic heterocycles. The molecule has 0 spiro atoms. The van der Waals surface area contributed by atoms with Crippen LogP contribution in [0.4, 0.5) is 5.69 Å². The molecule has 1 amide bonds. The van der Waals surface area contributed by atoms with E-state index in [-0.39, 0.29) is 19.0 Å². The number of rotatable bonds is 6. The number of nitrogens with zero attached hydrogens (tertiary/aromatic N) is 1. The summed E-state index contributed by atoms with van der Waals surface area (Å²) in [6.07, 6.45) is 3.48. The number of ether oxygens (including phenoxy) is 2. The number of para-hydroxylation sites is 1. The van der Waals surface area contributed by atoms with Gasteiger partial charge in [-0.2, -0.15) is 0 Å². The van der Waals surface area contributed by atoms with E-state index in [1.165, 1.54) is 6.08 Å². The molecule has 0 fully saturated rings. The van der Waals surface area contributed by atoms with Crippen LogP contribution in [0.15, 0.2) is 48.5 Å². The Kier molecular flexibility index (Phi) is 4.65. The highest BCUT2D eigenvalue weighted by Gasteiger charge is 2.50. The molecular weight excluding hydrogens is 358 g/mol. The Balaban J connectivity index is 1.54. The molecule has 2 aliphatic heterocycles. The molecule has 1 atom stereocenters. The number of hydrogen-bond donors (Lipinski definition) is 1. The maximum absolute atomic E-state index is 12.9. The lowest BCUT2D eigenvalue weighted by Crippen LogP contribution is -2.41. The van der Waals surface area contributed by atoms with Gasteiger partial charge < -0.3 is 19.5 Å². The highest BCUT2D eigenvalue weighted by molar-refractivity contribution is 6.10. The van der Waals surface area contributed by atoms with Gasteiger partial charge >= 0.3 is 0 Å². The third-order valence-electron chi connectivity index (χ3n) is 4.97. The van der Waals surface area contributed by atoms with Crippen molar-refractivity contribution in [3.63, 3.8) is 0 Å². The number of ketones is 1. The van der Waals surface area contributed by atoms with Crippen LogP contribution in [-0.2, 0) is 15.2 Å². The van der Waals surface area contributed by atoms with Gasteiger partial charge in [0.15, 0.2) is 22.9 Å². The molecule has 4 rings (SSSR count). The number of carbonyl (C=O) groups is 2. The summed E-state index contributed by atoms with van der Waals surface area (Å²) < 4.78 is 10.6. The number of allylic oxidation sites excluding steroid dienone is 1. The van der Waals surface area contributed by atoms with Crippen LogP contribution in [0, 0.1) is 0 Å². The summed E-state index contributed by atoms with van der Waals surface area (Å²) in [5, 5.41) is 11.1. The quantitative estimate of drug-likeness (QED) is 0.781. The van der Waals surface area contributed by atoms with Gasteiger partial charge in [-0.15, -0.1) is 0 Å². The Morgan fingerprint density at radius 1 is 1.21 bits per heavy atom. The van der Waals surface area contributed by atoms with E-state index >= 15 is 0 Å². The Labute approximate surface area is 163 Å². The van der Waals surface area contributed by atoms with Crippen molar-refractivity contribution in [3.8, 4) is 11.5 Å². The first kappa shape index (κ1) is 18.3. The molecule has 2 aromatic rings. The van der Waals surface area contributed by atoms with Gasteiger partial charge in [-0.05, 0) is 36.3 Å². The zero-order valence-corrected chi connectivity index (χ0v) is 15.6. The van der Waals surface area contributed by atoms with Crippen molar-refractivity contribution in [1.29, 1.82) is 0 Å². The van der Waals surface area contributed by atoms with E-state index < -0.39 is 11.5 Å². The molecule has 2 aliphatic rings. The Hall–Kier alpha value is -3.12. The molecule has 28 heavy (non-hydrogen) atoms. The van der Waals surface area contributed by atoms with Crippen LogP contribution >= 0.6 is 0 Å². The summed E-state index contributed by atoms with van der Waals surface area (Å²) in [7, 11) is 0. The van der Waals surface area contributed by atoms with E-state index in [0.717, 1.165) is 12.0 Å². The highest BCUT2D eigenvalue weighted by atomic mass is 16.7. The first-order valence-corrected chi connectivity index (χ1v) is 9.27. The smallest absolute Gasteiger partial charge is 0.264 e.